The average molecular weight is 715 g/mol. The molecular formula is C30H30ClF3N4O9S. The number of alkyl halides is 3. The highest BCUT2D eigenvalue weighted by molar-refractivity contribution is 7.93. The van der Waals surface area contributed by atoms with Crippen molar-refractivity contribution in [3.05, 3.63) is 64.8 Å². The number of aliphatic hydroxyl groups is 1. The van der Waals surface area contributed by atoms with Crippen LogP contribution >= 0.6 is 11.6 Å². The fourth-order valence-electron chi connectivity index (χ4n) is 6.22. The number of amides is 2. The van der Waals surface area contributed by atoms with E-state index >= 15 is 4.79 Å². The first kappa shape index (κ1) is 35.0. The molecule has 3 heterocycles. The maximum absolute atomic E-state index is 15.2. The molecule has 2 aromatic carbocycles. The van der Waals surface area contributed by atoms with Gasteiger partial charge in [-0.25, -0.2) is 17.7 Å². The van der Waals surface area contributed by atoms with Crippen LogP contribution in [0.5, 0.6) is 23.1 Å². The number of benzene rings is 2. The van der Waals surface area contributed by atoms with Crippen LogP contribution in [-0.2, 0) is 25.2 Å². The number of aliphatic hydroxyl groups excluding tert-OH is 1. The first-order chi connectivity index (χ1) is 22.5. The molecule has 258 valence electrons. The van der Waals surface area contributed by atoms with Crippen LogP contribution < -0.4 is 23.3 Å². The summed E-state index contributed by atoms with van der Waals surface area (Å²) in [5, 5.41) is 11.0. The fraction of sp³-hybridized carbons (Fsp3) is 0.367. The highest BCUT2D eigenvalue weighted by Crippen LogP contribution is 2.56. The number of carbonyl (C=O) groups is 2. The molecule has 48 heavy (non-hydrogen) atoms. The number of fused-ring (bicyclic) bond motifs is 1. The van der Waals surface area contributed by atoms with Crippen molar-refractivity contribution in [3.8, 4) is 23.1 Å². The number of hydrogen-bond donors (Lipinski definition) is 1. The predicted octanol–water partition coefficient (Wildman–Crippen LogP) is 3.16. The Morgan fingerprint density at radius 3 is 2.38 bits per heavy atom. The quantitative estimate of drug-likeness (QED) is 0.349. The van der Waals surface area contributed by atoms with Crippen molar-refractivity contribution in [1.82, 2.24) is 14.8 Å². The molecule has 1 unspecified atom stereocenters. The van der Waals surface area contributed by atoms with Gasteiger partial charge in [-0.05, 0) is 48.9 Å². The second-order valence-electron chi connectivity index (χ2n) is 11.0. The van der Waals surface area contributed by atoms with Gasteiger partial charge in [0.05, 0.1) is 39.2 Å². The summed E-state index contributed by atoms with van der Waals surface area (Å²) in [5.74, 6) is -4.20. The van der Waals surface area contributed by atoms with Crippen LogP contribution in [0.4, 0.5) is 18.9 Å². The summed E-state index contributed by atoms with van der Waals surface area (Å²) in [6.45, 7) is -0.313. The number of ether oxygens (including phenoxy) is 4. The summed E-state index contributed by atoms with van der Waals surface area (Å²) >= 11 is 6.45. The van der Waals surface area contributed by atoms with E-state index in [4.69, 9.17) is 25.8 Å². The number of hydrogen-bond acceptors (Lipinski definition) is 11. The summed E-state index contributed by atoms with van der Waals surface area (Å²) in [6.07, 6.45) is -5.34. The molecule has 5 rings (SSSR count). The molecular weight excluding hydrogens is 685 g/mol. The standard InChI is InChI=1S/C30H30ClF3N4O9S/c1-36(2)27(40)21-14-17(39)15-37(21)29(18-7-6-12-35-26(18)46-5)19-13-16(31)8-9-20(19)38(28(29)41)48(42,43)23-11-10-22(44-3)24(45-4)25(23)47-30(32,33)34/h6-13,17,21,39H,14-15H2,1-5H3/t17-,21+,29?/m1/s1. The molecule has 0 aliphatic carbocycles. The highest BCUT2D eigenvalue weighted by atomic mass is 35.5. The van der Waals surface area contributed by atoms with Gasteiger partial charge < -0.3 is 29.0 Å². The first-order valence-electron chi connectivity index (χ1n) is 14.1. The predicted molar refractivity (Wildman–Crippen MR) is 164 cm³/mol. The van der Waals surface area contributed by atoms with Crippen LogP contribution in [0.15, 0.2) is 53.6 Å². The van der Waals surface area contributed by atoms with Crippen molar-refractivity contribution in [2.75, 3.05) is 46.3 Å². The molecule has 2 aliphatic rings. The second kappa shape index (κ2) is 12.6. The number of pyridine rings is 1. The minimum Gasteiger partial charge on any atom is -0.493 e. The van der Waals surface area contributed by atoms with Gasteiger partial charge in [-0.3, -0.25) is 14.5 Å². The summed E-state index contributed by atoms with van der Waals surface area (Å²) in [4.78, 5) is 34.5. The molecule has 1 aromatic heterocycles. The number of likely N-dealkylation sites (N-methyl/N-ethyl adjacent to an activating group) is 1. The van der Waals surface area contributed by atoms with E-state index in [0.29, 0.717) is 4.31 Å². The van der Waals surface area contributed by atoms with E-state index < -0.39 is 62.3 Å². The van der Waals surface area contributed by atoms with E-state index in [0.717, 1.165) is 26.4 Å². The van der Waals surface area contributed by atoms with Crippen LogP contribution in [0.1, 0.15) is 17.5 Å². The van der Waals surface area contributed by atoms with Crippen LogP contribution in [0.2, 0.25) is 5.02 Å². The van der Waals surface area contributed by atoms with Gasteiger partial charge in [0, 0.05) is 43.0 Å². The Kier molecular flexibility index (Phi) is 9.19. The topological polar surface area (TPSA) is 148 Å². The van der Waals surface area contributed by atoms with Crippen LogP contribution in [0.25, 0.3) is 0 Å². The lowest BCUT2D eigenvalue weighted by Gasteiger charge is -2.41. The van der Waals surface area contributed by atoms with Crippen molar-refractivity contribution >= 4 is 39.1 Å². The number of sulfonamides is 1. The van der Waals surface area contributed by atoms with Crippen molar-refractivity contribution in [3.63, 3.8) is 0 Å². The van der Waals surface area contributed by atoms with Crippen molar-refractivity contribution < 1.29 is 55.2 Å². The number of aromatic nitrogens is 1. The number of halogens is 4. The molecule has 2 amide bonds. The molecule has 0 spiro atoms. The van der Waals surface area contributed by atoms with Gasteiger partial charge in [0.15, 0.2) is 17.0 Å². The zero-order valence-corrected chi connectivity index (χ0v) is 27.7. The van der Waals surface area contributed by atoms with E-state index in [9.17, 15) is 31.5 Å². The van der Waals surface area contributed by atoms with Crippen LogP contribution in [0, 0.1) is 0 Å². The van der Waals surface area contributed by atoms with E-state index in [1.165, 1.54) is 67.5 Å². The molecule has 3 atom stereocenters. The lowest BCUT2D eigenvalue weighted by molar-refractivity contribution is -0.276. The van der Waals surface area contributed by atoms with Gasteiger partial charge in [0.1, 0.15) is 4.90 Å². The zero-order chi connectivity index (χ0) is 35.3. The molecule has 0 saturated carbocycles. The normalized spacial score (nSPS) is 21.2. The number of nitrogens with zero attached hydrogens (tertiary/aromatic N) is 4. The van der Waals surface area contributed by atoms with Crippen molar-refractivity contribution in [2.24, 2.45) is 0 Å². The number of carbonyl (C=O) groups excluding carboxylic acids is 2. The molecule has 1 saturated heterocycles. The van der Waals surface area contributed by atoms with E-state index in [-0.39, 0.29) is 46.4 Å². The summed E-state index contributed by atoms with van der Waals surface area (Å²) in [7, 11) is 0.976. The lowest BCUT2D eigenvalue weighted by atomic mass is 9.81. The van der Waals surface area contributed by atoms with E-state index in [1.54, 1.807) is 0 Å². The third-order valence-corrected chi connectivity index (χ3v) is 10.0. The van der Waals surface area contributed by atoms with Crippen LogP contribution in [-0.4, -0.2) is 101 Å². The van der Waals surface area contributed by atoms with E-state index in [2.05, 4.69) is 9.72 Å². The molecule has 1 fully saturated rings. The maximum Gasteiger partial charge on any atom is 0.573 e. The minimum atomic E-state index is -5.40. The molecule has 13 nitrogen and oxygen atoms in total. The third kappa shape index (κ3) is 5.53. The molecule has 0 radical (unpaired) electrons. The largest absolute Gasteiger partial charge is 0.573 e. The second-order valence-corrected chi connectivity index (χ2v) is 13.2. The summed E-state index contributed by atoms with van der Waals surface area (Å²) < 4.78 is 90.8. The SMILES string of the molecule is COc1ccc(S(=O)(=O)N2C(=O)C(c3cccnc3OC)(N3C[C@H](O)C[C@H]3C(=O)N(C)C)c3cc(Cl)ccc32)c(OC(F)(F)F)c1OC. The maximum atomic E-state index is 15.2. The third-order valence-electron chi connectivity index (χ3n) is 8.05. The van der Waals surface area contributed by atoms with Gasteiger partial charge >= 0.3 is 6.36 Å². The van der Waals surface area contributed by atoms with Crippen molar-refractivity contribution in [1.29, 1.82) is 0 Å². The molecule has 1 N–H and O–H groups in total. The number of rotatable bonds is 9. The highest BCUT2D eigenvalue weighted by Gasteiger charge is 2.64. The number of β-amino-alcohol motifs (C(OH)–C–C–N with tert-alkyl or cyclic N) is 1. The van der Waals surface area contributed by atoms with Crippen molar-refractivity contribution in [2.45, 2.75) is 35.4 Å². The first-order valence-corrected chi connectivity index (χ1v) is 15.9. The Morgan fingerprint density at radius 2 is 1.77 bits per heavy atom. The monoisotopic (exact) mass is 714 g/mol. The molecule has 18 heteroatoms. The summed E-state index contributed by atoms with van der Waals surface area (Å²) in [6, 6.07) is 7.31. The van der Waals surface area contributed by atoms with E-state index in [1.807, 2.05) is 0 Å². The van der Waals surface area contributed by atoms with Gasteiger partial charge in [0.2, 0.25) is 17.5 Å². The van der Waals surface area contributed by atoms with Gasteiger partial charge in [-0.1, -0.05) is 11.6 Å². The smallest absolute Gasteiger partial charge is 0.493 e. The van der Waals surface area contributed by atoms with Gasteiger partial charge in [-0.15, -0.1) is 13.2 Å². The molecule has 2 aliphatic heterocycles. The fourth-order valence-corrected chi connectivity index (χ4v) is 7.96. The number of likely N-dealkylation sites (tertiary alicyclic amines) is 1. The Balaban J connectivity index is 1.88. The Morgan fingerprint density at radius 1 is 1.06 bits per heavy atom. The summed E-state index contributed by atoms with van der Waals surface area (Å²) in [5.41, 5.74) is -2.68. The minimum absolute atomic E-state index is 0.0246. The lowest BCUT2D eigenvalue weighted by Crippen LogP contribution is -2.59. The Hall–Kier alpha value is -4.32. The Labute approximate surface area is 278 Å². The van der Waals surface area contributed by atoms with Gasteiger partial charge in [-0.2, -0.15) is 0 Å². The number of anilines is 1. The van der Waals surface area contributed by atoms with Gasteiger partial charge in [0.25, 0.3) is 15.9 Å². The average Bonchev–Trinajstić information content (AvgIpc) is 3.53. The molecule has 3 aromatic rings. The van der Waals surface area contributed by atoms with Crippen LogP contribution in [0.3, 0.4) is 0 Å². The number of methoxy groups -OCH3 is 3. The zero-order valence-electron chi connectivity index (χ0n) is 26.1. The Bertz CT molecular complexity index is 1880. The molecule has 0 bridgehead atoms.